The van der Waals surface area contributed by atoms with Crippen molar-refractivity contribution in [1.82, 2.24) is 10.6 Å². The fraction of sp³-hybridized carbons (Fsp3) is 0.286. The molecule has 0 saturated heterocycles. The second-order valence-corrected chi connectivity index (χ2v) is 14.6. The van der Waals surface area contributed by atoms with Crippen LogP contribution in [0.25, 0.3) is 0 Å². The topological polar surface area (TPSA) is 170 Å². The molecule has 0 radical (unpaired) electrons. The molecule has 0 spiro atoms. The van der Waals surface area contributed by atoms with Gasteiger partial charge in [0.1, 0.15) is 11.8 Å². The highest BCUT2D eigenvalue weighted by molar-refractivity contribution is 7.72. The maximum Gasteiger partial charge on any atom is 0.416 e. The summed E-state index contributed by atoms with van der Waals surface area (Å²) in [7, 11) is -5.61. The normalized spacial score (nSPS) is 12.8. The third-order valence-electron chi connectivity index (χ3n) is 8.31. The predicted octanol–water partition coefficient (Wildman–Crippen LogP) is 5.14. The van der Waals surface area contributed by atoms with Crippen LogP contribution in [-0.2, 0) is 34.0 Å². The fourth-order valence-electron chi connectivity index (χ4n) is 5.85. The molecule has 4 N–H and O–H groups in total. The molecule has 3 amide bonds. The number of benzene rings is 3. The van der Waals surface area contributed by atoms with Gasteiger partial charge in [-0.2, -0.15) is 13.2 Å². The first-order valence-corrected chi connectivity index (χ1v) is 19.3. The van der Waals surface area contributed by atoms with E-state index in [1.54, 1.807) is 48.5 Å². The van der Waals surface area contributed by atoms with Crippen LogP contribution in [0.1, 0.15) is 107 Å². The first-order valence-electron chi connectivity index (χ1n) is 15.8. The van der Waals surface area contributed by atoms with Gasteiger partial charge in [-0.15, -0.1) is 11.3 Å². The average Bonchev–Trinajstić information content (AvgIpc) is 3.45. The van der Waals surface area contributed by atoms with Gasteiger partial charge in [-0.25, -0.2) is 16.8 Å². The molecule has 0 bridgehead atoms. The Kier molecular flexibility index (Phi) is 13.2. The van der Waals surface area contributed by atoms with Crippen LogP contribution in [0.3, 0.4) is 0 Å². The number of primary amides is 1. The summed E-state index contributed by atoms with van der Waals surface area (Å²) in [6, 6.07) is 17.8. The van der Waals surface area contributed by atoms with Gasteiger partial charge in [-0.05, 0) is 77.9 Å². The first-order chi connectivity index (χ1) is 24.1. The smallest absolute Gasteiger partial charge is 0.366 e. The first kappa shape index (κ1) is 39.2. The Balaban J connectivity index is 1.83. The van der Waals surface area contributed by atoms with Crippen molar-refractivity contribution < 1.29 is 44.4 Å². The summed E-state index contributed by atoms with van der Waals surface area (Å²) >= 11 is 1.37. The summed E-state index contributed by atoms with van der Waals surface area (Å²) in [5, 5.41) is 4.63. The fourth-order valence-corrected chi connectivity index (χ4v) is 8.14. The lowest BCUT2D eigenvalue weighted by molar-refractivity contribution is -0.137. The number of rotatable bonds is 15. The molecule has 272 valence electrons. The lowest BCUT2D eigenvalue weighted by atomic mass is 9.86. The Morgan fingerprint density at radius 3 is 1.51 bits per heavy atom. The third kappa shape index (κ3) is 9.83. The van der Waals surface area contributed by atoms with Crippen LogP contribution >= 0.6 is 11.3 Å². The monoisotopic (exact) mass is 763 g/mol. The van der Waals surface area contributed by atoms with Crippen molar-refractivity contribution in [2.45, 2.75) is 51.1 Å². The Morgan fingerprint density at radius 2 is 1.14 bits per heavy atom. The van der Waals surface area contributed by atoms with Gasteiger partial charge in [0.15, 0.2) is 21.4 Å². The summed E-state index contributed by atoms with van der Waals surface area (Å²) in [6.07, 6.45) is -3.38. The second-order valence-electron chi connectivity index (χ2n) is 11.6. The molecule has 0 aliphatic rings. The summed E-state index contributed by atoms with van der Waals surface area (Å²) in [5.41, 5.74) is 8.62. The molecule has 0 saturated carbocycles. The highest BCUT2D eigenvalue weighted by atomic mass is 32.2. The van der Waals surface area contributed by atoms with E-state index in [-0.39, 0.29) is 34.9 Å². The zero-order valence-electron chi connectivity index (χ0n) is 27.5. The number of hydrogen-bond acceptors (Lipinski definition) is 8. The van der Waals surface area contributed by atoms with Crippen LogP contribution in [0.2, 0.25) is 0 Å². The van der Waals surface area contributed by atoms with E-state index >= 15 is 0 Å². The third-order valence-corrected chi connectivity index (χ3v) is 10.6. The number of thiol groups is 2. The molecule has 0 unspecified atom stereocenters. The van der Waals surface area contributed by atoms with Crippen molar-refractivity contribution in [3.8, 4) is 0 Å². The van der Waals surface area contributed by atoms with Gasteiger partial charge in [0.25, 0.3) is 11.8 Å². The van der Waals surface area contributed by atoms with Crippen LogP contribution in [0.5, 0.6) is 0 Å². The number of nitrogens with one attached hydrogen (secondary N) is 2. The summed E-state index contributed by atoms with van der Waals surface area (Å²) in [4.78, 5) is 39.6. The molecule has 51 heavy (non-hydrogen) atoms. The van der Waals surface area contributed by atoms with Crippen molar-refractivity contribution in [3.63, 3.8) is 0 Å². The Hall–Kier alpha value is -4.54. The zero-order chi connectivity index (χ0) is 37.5. The molecule has 10 nitrogen and oxygen atoms in total. The highest BCUT2D eigenvalue weighted by Crippen LogP contribution is 2.45. The van der Waals surface area contributed by atoms with E-state index in [0.29, 0.717) is 28.8 Å². The number of halogens is 3. The minimum absolute atomic E-state index is 0.101. The van der Waals surface area contributed by atoms with Crippen molar-refractivity contribution in [2.75, 3.05) is 11.8 Å². The molecule has 1 aromatic heterocycles. The van der Waals surface area contributed by atoms with E-state index in [1.165, 1.54) is 23.5 Å². The number of nitrogens with two attached hydrogens (primary N) is 1. The molecule has 1 heterocycles. The number of carbonyl (C=O) groups excluding carboxylic acids is 3. The molecule has 4 rings (SSSR count). The molecular weight excluding hydrogens is 728 g/mol. The number of amides is 3. The summed E-state index contributed by atoms with van der Waals surface area (Å²) < 4.78 is 83.7. The molecule has 0 aliphatic heterocycles. The molecule has 0 fully saturated rings. The molecule has 2 atom stereocenters. The Bertz CT molecular complexity index is 2020. The van der Waals surface area contributed by atoms with E-state index in [0.717, 1.165) is 28.1 Å². The van der Waals surface area contributed by atoms with Crippen LogP contribution in [0.4, 0.5) is 13.2 Å². The van der Waals surface area contributed by atoms with Crippen LogP contribution in [0.15, 0.2) is 72.8 Å². The minimum Gasteiger partial charge on any atom is -0.366 e. The van der Waals surface area contributed by atoms with E-state index in [1.807, 2.05) is 13.8 Å². The van der Waals surface area contributed by atoms with Crippen LogP contribution in [0, 0.1) is 0 Å². The number of hydrogen-bond donors (Lipinski definition) is 5. The van der Waals surface area contributed by atoms with E-state index in [4.69, 9.17) is 5.73 Å². The van der Waals surface area contributed by atoms with E-state index in [2.05, 4.69) is 10.6 Å². The average molecular weight is 764 g/mol. The van der Waals surface area contributed by atoms with E-state index < -0.39 is 62.6 Å². The standard InChI is InChI=1S/C35H36F3N3O7S3/c1-3-26(21-7-11-23(12-8-21)33(43)40-18-50(45)46)30-28(17-20-5-15-25(16-6-20)35(36,37)38)29(32(39)42)31(49-30)27(4-2)22-9-13-24(14-10-22)34(44)41-19-51(47)48/h5-16,26-27,50-51H,3-4,17-19H2,1-2H3,(H2,39,42)(H,40,43)(H,41,44)/t26-,27-/m0/s1. The van der Waals surface area contributed by atoms with E-state index in [9.17, 15) is 44.4 Å². The van der Waals surface area contributed by atoms with Crippen molar-refractivity contribution in [1.29, 1.82) is 0 Å². The maximum atomic E-state index is 13.4. The van der Waals surface area contributed by atoms with Gasteiger partial charge in [0, 0.05) is 32.7 Å². The lowest BCUT2D eigenvalue weighted by Gasteiger charge is -2.18. The van der Waals surface area contributed by atoms with Crippen LogP contribution in [-0.4, -0.2) is 46.3 Å². The molecular formula is C35H36F3N3O7S3. The summed E-state index contributed by atoms with van der Waals surface area (Å²) in [6.45, 7) is 3.85. The SMILES string of the molecule is CC[C@@H](c1ccc(C(=O)NC[SH](=O)=O)cc1)c1sc([C@@H](CC)c2ccc(C(=O)NC[SH](=O)=O)cc2)c(C(N)=O)c1Cc1ccc(C(F)(F)F)cc1. The largest absolute Gasteiger partial charge is 0.416 e. The molecule has 0 aliphatic carbocycles. The highest BCUT2D eigenvalue weighted by Gasteiger charge is 2.32. The maximum absolute atomic E-state index is 13.4. The Labute approximate surface area is 300 Å². The molecule has 3 aromatic carbocycles. The van der Waals surface area contributed by atoms with Crippen molar-refractivity contribution in [2.24, 2.45) is 5.73 Å². The molecule has 4 aromatic rings. The second kappa shape index (κ2) is 17.1. The van der Waals surface area contributed by atoms with Gasteiger partial charge >= 0.3 is 6.18 Å². The number of thiophene rings is 1. The predicted molar refractivity (Wildman–Crippen MR) is 190 cm³/mol. The quantitative estimate of drug-likeness (QED) is 0.105. The van der Waals surface area contributed by atoms with Crippen molar-refractivity contribution in [3.05, 3.63) is 127 Å². The lowest BCUT2D eigenvalue weighted by Crippen LogP contribution is -2.25. The Morgan fingerprint density at radius 1 is 0.706 bits per heavy atom. The number of carbonyl (C=O) groups is 3. The zero-order valence-corrected chi connectivity index (χ0v) is 30.1. The van der Waals surface area contributed by atoms with Crippen molar-refractivity contribution >= 4 is 50.5 Å². The van der Waals surface area contributed by atoms with Gasteiger partial charge in [0.05, 0.1) is 11.1 Å². The minimum atomic E-state index is -4.53. The molecule has 16 heteroatoms. The van der Waals surface area contributed by atoms with Gasteiger partial charge < -0.3 is 16.4 Å². The van der Waals surface area contributed by atoms with Gasteiger partial charge in [-0.1, -0.05) is 50.2 Å². The van der Waals surface area contributed by atoms with Gasteiger partial charge in [-0.3, -0.25) is 14.4 Å². The van der Waals surface area contributed by atoms with Crippen LogP contribution < -0.4 is 16.4 Å². The van der Waals surface area contributed by atoms with Gasteiger partial charge in [0.2, 0.25) is 5.91 Å². The number of alkyl halides is 3. The summed E-state index contributed by atoms with van der Waals surface area (Å²) in [5.74, 6) is -3.56.